The lowest BCUT2D eigenvalue weighted by Gasteiger charge is -2.09. The van der Waals surface area contributed by atoms with Gasteiger partial charge in [0.2, 0.25) is 5.91 Å². The minimum absolute atomic E-state index is 0.100. The predicted octanol–water partition coefficient (Wildman–Crippen LogP) is 1.92. The number of hydrogen-bond donors (Lipinski definition) is 1. The summed E-state index contributed by atoms with van der Waals surface area (Å²) < 4.78 is 5.18. The summed E-state index contributed by atoms with van der Waals surface area (Å²) in [7, 11) is 0. The van der Waals surface area contributed by atoms with Crippen molar-refractivity contribution in [3.05, 3.63) is 0 Å². The lowest BCUT2D eigenvalue weighted by molar-refractivity contribution is -0.124. The minimum atomic E-state index is 0.100. The van der Waals surface area contributed by atoms with E-state index in [1.165, 1.54) is 5.75 Å². The van der Waals surface area contributed by atoms with Crippen LogP contribution in [0, 0.1) is 11.8 Å². The molecule has 0 spiro atoms. The van der Waals surface area contributed by atoms with Crippen LogP contribution in [0.1, 0.15) is 26.7 Å². The second-order valence-electron chi connectivity index (χ2n) is 4.67. The van der Waals surface area contributed by atoms with E-state index in [9.17, 15) is 4.79 Å². The van der Waals surface area contributed by atoms with E-state index in [-0.39, 0.29) is 11.8 Å². The second kappa shape index (κ2) is 7.96. The molecule has 1 fully saturated rings. The topological polar surface area (TPSA) is 38.3 Å². The van der Waals surface area contributed by atoms with Gasteiger partial charge >= 0.3 is 0 Å². The minimum Gasteiger partial charge on any atom is -0.381 e. The van der Waals surface area contributed by atoms with Crippen LogP contribution in [0.25, 0.3) is 0 Å². The zero-order valence-corrected chi connectivity index (χ0v) is 11.1. The van der Waals surface area contributed by atoms with Crippen molar-refractivity contribution in [2.75, 3.05) is 31.3 Å². The molecule has 1 rings (SSSR count). The molecule has 0 aromatic carbocycles. The zero-order chi connectivity index (χ0) is 11.8. The Labute approximate surface area is 103 Å². The van der Waals surface area contributed by atoms with Gasteiger partial charge in [-0.3, -0.25) is 4.79 Å². The molecule has 0 bridgehead atoms. The van der Waals surface area contributed by atoms with Gasteiger partial charge < -0.3 is 10.1 Å². The fraction of sp³-hybridized carbons (Fsp3) is 0.917. The van der Waals surface area contributed by atoms with Gasteiger partial charge in [-0.05, 0) is 30.3 Å². The van der Waals surface area contributed by atoms with Crippen molar-refractivity contribution in [2.24, 2.45) is 11.8 Å². The first kappa shape index (κ1) is 13.8. The van der Waals surface area contributed by atoms with E-state index < -0.39 is 0 Å². The molecule has 1 atom stereocenters. The molecule has 0 unspecified atom stereocenters. The Morgan fingerprint density at radius 1 is 1.56 bits per heavy atom. The van der Waals surface area contributed by atoms with Crippen LogP contribution in [0.5, 0.6) is 0 Å². The van der Waals surface area contributed by atoms with Crippen LogP contribution in [0.15, 0.2) is 0 Å². The van der Waals surface area contributed by atoms with Crippen molar-refractivity contribution in [3.63, 3.8) is 0 Å². The Kier molecular flexibility index (Phi) is 6.88. The molecule has 0 radical (unpaired) electrons. The molecule has 1 aliphatic rings. The fourth-order valence-corrected chi connectivity index (χ4v) is 2.58. The number of rotatable bonds is 7. The molecule has 0 aliphatic carbocycles. The molecule has 4 heteroatoms. The summed E-state index contributed by atoms with van der Waals surface area (Å²) in [6.07, 6.45) is 1.95. The van der Waals surface area contributed by atoms with Crippen LogP contribution in [0.2, 0.25) is 0 Å². The van der Waals surface area contributed by atoms with Crippen LogP contribution in [0.4, 0.5) is 0 Å². The Morgan fingerprint density at radius 2 is 2.38 bits per heavy atom. The van der Waals surface area contributed by atoms with E-state index in [1.807, 2.05) is 11.8 Å². The first-order valence-electron chi connectivity index (χ1n) is 6.13. The van der Waals surface area contributed by atoms with Crippen molar-refractivity contribution in [1.29, 1.82) is 0 Å². The second-order valence-corrected chi connectivity index (χ2v) is 5.82. The maximum atomic E-state index is 11.6. The van der Waals surface area contributed by atoms with Gasteiger partial charge in [0.05, 0.1) is 12.5 Å². The molecule has 16 heavy (non-hydrogen) atoms. The lowest BCUT2D eigenvalue weighted by atomic mass is 10.1. The highest BCUT2D eigenvalue weighted by Gasteiger charge is 2.22. The number of carbonyl (C=O) groups excluding carboxylic acids is 1. The summed E-state index contributed by atoms with van der Waals surface area (Å²) in [5.74, 6) is 3.38. The largest absolute Gasteiger partial charge is 0.381 e. The number of nitrogens with one attached hydrogen (secondary N) is 1. The Hall–Kier alpha value is -0.220. The third-order valence-corrected chi connectivity index (χ3v) is 4.00. The molecule has 94 valence electrons. The maximum absolute atomic E-state index is 11.6. The SMILES string of the molecule is CC(C)CSCCCNC(=O)[C@@H]1CCOC1. The first-order valence-corrected chi connectivity index (χ1v) is 7.29. The quantitative estimate of drug-likeness (QED) is 0.696. The number of carbonyl (C=O) groups is 1. The summed E-state index contributed by atoms with van der Waals surface area (Å²) in [6.45, 7) is 6.61. The third kappa shape index (κ3) is 5.75. The van der Waals surface area contributed by atoms with Gasteiger partial charge in [-0.1, -0.05) is 13.8 Å². The summed E-state index contributed by atoms with van der Waals surface area (Å²) in [5, 5.41) is 2.98. The Bertz CT molecular complexity index is 203. The van der Waals surface area contributed by atoms with Crippen LogP contribution in [-0.2, 0) is 9.53 Å². The molecule has 0 aromatic rings. The number of thioether (sulfide) groups is 1. The summed E-state index contributed by atoms with van der Waals surface area (Å²) >= 11 is 1.97. The van der Waals surface area contributed by atoms with Crippen LogP contribution in [-0.4, -0.2) is 37.2 Å². The van der Waals surface area contributed by atoms with Crippen LogP contribution < -0.4 is 5.32 Å². The zero-order valence-electron chi connectivity index (χ0n) is 10.3. The summed E-state index contributed by atoms with van der Waals surface area (Å²) in [6, 6.07) is 0. The first-order chi connectivity index (χ1) is 7.70. The summed E-state index contributed by atoms with van der Waals surface area (Å²) in [5.41, 5.74) is 0. The van der Waals surface area contributed by atoms with Gasteiger partial charge in [-0.25, -0.2) is 0 Å². The Morgan fingerprint density at radius 3 is 3.00 bits per heavy atom. The molecule has 1 heterocycles. The van der Waals surface area contributed by atoms with Crippen molar-refractivity contribution in [2.45, 2.75) is 26.7 Å². The molecule has 0 saturated carbocycles. The normalized spacial score (nSPS) is 20.3. The highest BCUT2D eigenvalue weighted by Crippen LogP contribution is 2.12. The number of hydrogen-bond acceptors (Lipinski definition) is 3. The van der Waals surface area contributed by atoms with Crippen molar-refractivity contribution >= 4 is 17.7 Å². The van der Waals surface area contributed by atoms with E-state index >= 15 is 0 Å². The third-order valence-electron chi connectivity index (χ3n) is 2.52. The van der Waals surface area contributed by atoms with E-state index in [2.05, 4.69) is 19.2 Å². The van der Waals surface area contributed by atoms with E-state index in [1.54, 1.807) is 0 Å². The highest BCUT2D eigenvalue weighted by molar-refractivity contribution is 7.99. The van der Waals surface area contributed by atoms with E-state index in [4.69, 9.17) is 4.74 Å². The molecule has 1 N–H and O–H groups in total. The standard InChI is InChI=1S/C12H23NO2S/c1-10(2)9-16-7-3-5-13-12(14)11-4-6-15-8-11/h10-11H,3-9H2,1-2H3,(H,13,14)/t11-/m1/s1. The van der Waals surface area contributed by atoms with Crippen molar-refractivity contribution in [3.8, 4) is 0 Å². The molecular weight excluding hydrogens is 222 g/mol. The highest BCUT2D eigenvalue weighted by atomic mass is 32.2. The summed E-state index contributed by atoms with van der Waals surface area (Å²) in [4.78, 5) is 11.6. The molecular formula is C12H23NO2S. The molecule has 1 amide bonds. The molecule has 3 nitrogen and oxygen atoms in total. The van der Waals surface area contributed by atoms with Crippen LogP contribution in [0.3, 0.4) is 0 Å². The average molecular weight is 245 g/mol. The number of amides is 1. The smallest absolute Gasteiger partial charge is 0.225 e. The van der Waals surface area contributed by atoms with Gasteiger partial charge in [0.25, 0.3) is 0 Å². The van der Waals surface area contributed by atoms with Gasteiger partial charge in [-0.15, -0.1) is 0 Å². The Balaban J connectivity index is 1.92. The lowest BCUT2D eigenvalue weighted by Crippen LogP contribution is -2.31. The number of ether oxygens (including phenoxy) is 1. The van der Waals surface area contributed by atoms with Gasteiger partial charge in [-0.2, -0.15) is 11.8 Å². The van der Waals surface area contributed by atoms with E-state index in [0.717, 1.165) is 37.7 Å². The predicted molar refractivity (Wildman–Crippen MR) is 68.7 cm³/mol. The maximum Gasteiger partial charge on any atom is 0.225 e. The average Bonchev–Trinajstić information content (AvgIpc) is 2.75. The van der Waals surface area contributed by atoms with E-state index in [0.29, 0.717) is 6.61 Å². The molecule has 0 aromatic heterocycles. The van der Waals surface area contributed by atoms with Crippen molar-refractivity contribution in [1.82, 2.24) is 5.32 Å². The molecule has 1 saturated heterocycles. The van der Waals surface area contributed by atoms with Gasteiger partial charge in [0, 0.05) is 13.2 Å². The van der Waals surface area contributed by atoms with Gasteiger partial charge in [0.1, 0.15) is 0 Å². The molecule has 1 aliphatic heterocycles. The van der Waals surface area contributed by atoms with Gasteiger partial charge in [0.15, 0.2) is 0 Å². The fourth-order valence-electron chi connectivity index (χ4n) is 1.59. The van der Waals surface area contributed by atoms with Crippen LogP contribution >= 0.6 is 11.8 Å². The van der Waals surface area contributed by atoms with Crippen molar-refractivity contribution < 1.29 is 9.53 Å². The monoisotopic (exact) mass is 245 g/mol.